The normalized spacial score (nSPS) is 16.0. The van der Waals surface area contributed by atoms with Crippen molar-refractivity contribution in [2.24, 2.45) is 0 Å². The van der Waals surface area contributed by atoms with E-state index in [0.717, 1.165) is 11.1 Å². The summed E-state index contributed by atoms with van der Waals surface area (Å²) in [4.78, 5) is 14.3. The van der Waals surface area contributed by atoms with E-state index >= 15 is 0 Å². The molecule has 0 saturated carbocycles. The molecule has 1 atom stereocenters. The monoisotopic (exact) mass is 493 g/mol. The molecule has 3 aromatic carbocycles. The molecule has 0 saturated heterocycles. The number of carbonyl (C=O) groups excluding carboxylic acids is 1. The highest BCUT2D eigenvalue weighted by Gasteiger charge is 2.46. The van der Waals surface area contributed by atoms with E-state index in [0.29, 0.717) is 23.7 Å². The number of carbonyl (C=O) groups is 1. The van der Waals surface area contributed by atoms with Gasteiger partial charge in [0.05, 0.1) is 24.7 Å². The molecule has 0 unspecified atom stereocenters. The van der Waals surface area contributed by atoms with Crippen molar-refractivity contribution in [3.63, 3.8) is 0 Å². The second kappa shape index (κ2) is 9.84. The SMILES string of the molecule is CCOc1ccc([C@@H]2C(S(=O)(=O)c3ccc(C)cc3)=C(O)C(=O)N2Cc2ccc(OC)cc2)cc1. The first-order chi connectivity index (χ1) is 16.8. The number of methoxy groups -OCH3 is 1. The van der Waals surface area contributed by atoms with Crippen molar-refractivity contribution in [3.05, 3.63) is 100 Å². The lowest BCUT2D eigenvalue weighted by molar-refractivity contribution is -0.130. The van der Waals surface area contributed by atoms with Crippen LogP contribution in [0.3, 0.4) is 0 Å². The number of amides is 1. The van der Waals surface area contributed by atoms with Crippen LogP contribution in [-0.4, -0.2) is 38.0 Å². The van der Waals surface area contributed by atoms with Gasteiger partial charge in [-0.05, 0) is 61.4 Å². The Morgan fingerprint density at radius 1 is 0.914 bits per heavy atom. The minimum absolute atomic E-state index is 0.0136. The Hall–Kier alpha value is -3.78. The van der Waals surface area contributed by atoms with Gasteiger partial charge in [-0.25, -0.2) is 8.42 Å². The summed E-state index contributed by atoms with van der Waals surface area (Å²) in [6.07, 6.45) is 0. The Balaban J connectivity index is 1.81. The van der Waals surface area contributed by atoms with Gasteiger partial charge >= 0.3 is 0 Å². The zero-order valence-electron chi connectivity index (χ0n) is 19.8. The fourth-order valence-electron chi connectivity index (χ4n) is 4.08. The molecule has 7 nitrogen and oxygen atoms in total. The predicted octanol–water partition coefficient (Wildman–Crippen LogP) is 4.73. The van der Waals surface area contributed by atoms with E-state index in [1.54, 1.807) is 67.8 Å². The molecule has 4 rings (SSSR count). The van der Waals surface area contributed by atoms with E-state index in [2.05, 4.69) is 0 Å². The van der Waals surface area contributed by atoms with E-state index < -0.39 is 27.5 Å². The molecular formula is C27H27NO6S. The van der Waals surface area contributed by atoms with Crippen molar-refractivity contribution in [2.75, 3.05) is 13.7 Å². The average Bonchev–Trinajstić information content (AvgIpc) is 3.11. The first-order valence-corrected chi connectivity index (χ1v) is 12.7. The van der Waals surface area contributed by atoms with E-state index in [1.165, 1.54) is 17.0 Å². The first kappa shape index (κ1) is 24.3. The van der Waals surface area contributed by atoms with Crippen LogP contribution >= 0.6 is 0 Å². The second-order valence-electron chi connectivity index (χ2n) is 8.22. The van der Waals surface area contributed by atoms with E-state index in [9.17, 15) is 18.3 Å². The van der Waals surface area contributed by atoms with Gasteiger partial charge in [0.25, 0.3) is 5.91 Å². The quantitative estimate of drug-likeness (QED) is 0.488. The van der Waals surface area contributed by atoms with Gasteiger partial charge in [0, 0.05) is 6.54 Å². The summed E-state index contributed by atoms with van der Waals surface area (Å²) in [5, 5.41) is 10.9. The number of hydrogen-bond acceptors (Lipinski definition) is 6. The van der Waals surface area contributed by atoms with Crippen molar-refractivity contribution in [1.29, 1.82) is 0 Å². The molecule has 182 valence electrons. The highest BCUT2D eigenvalue weighted by Crippen LogP contribution is 2.43. The van der Waals surface area contributed by atoms with Gasteiger partial charge in [-0.2, -0.15) is 0 Å². The lowest BCUT2D eigenvalue weighted by atomic mass is 10.1. The Kier molecular flexibility index (Phi) is 6.84. The van der Waals surface area contributed by atoms with Gasteiger partial charge in [-0.1, -0.05) is 42.0 Å². The third-order valence-corrected chi connectivity index (χ3v) is 7.78. The van der Waals surface area contributed by atoms with Crippen LogP contribution in [0.5, 0.6) is 11.5 Å². The molecule has 1 N–H and O–H groups in total. The Labute approximate surface area is 205 Å². The number of aryl methyl sites for hydroxylation is 1. The van der Waals surface area contributed by atoms with Gasteiger partial charge in [-0.15, -0.1) is 0 Å². The third-order valence-electron chi connectivity index (χ3n) is 5.90. The summed E-state index contributed by atoms with van der Waals surface area (Å²) in [7, 11) is -2.61. The molecule has 1 aliphatic rings. The zero-order valence-corrected chi connectivity index (χ0v) is 20.6. The zero-order chi connectivity index (χ0) is 25.2. The summed E-state index contributed by atoms with van der Waals surface area (Å²) in [6.45, 7) is 4.30. The molecule has 0 fully saturated rings. The highest BCUT2D eigenvalue weighted by atomic mass is 32.2. The number of hydrogen-bond donors (Lipinski definition) is 1. The van der Waals surface area contributed by atoms with Crippen LogP contribution in [0.2, 0.25) is 0 Å². The van der Waals surface area contributed by atoms with Crippen molar-refractivity contribution in [3.8, 4) is 11.5 Å². The number of sulfone groups is 1. The van der Waals surface area contributed by atoms with Gasteiger partial charge in [0.1, 0.15) is 16.4 Å². The smallest absolute Gasteiger partial charge is 0.290 e. The lowest BCUT2D eigenvalue weighted by Gasteiger charge is -2.27. The highest BCUT2D eigenvalue weighted by molar-refractivity contribution is 7.95. The minimum Gasteiger partial charge on any atom is -0.502 e. The van der Waals surface area contributed by atoms with Crippen LogP contribution in [0.25, 0.3) is 0 Å². The Morgan fingerprint density at radius 2 is 1.51 bits per heavy atom. The minimum atomic E-state index is -4.18. The molecule has 0 aromatic heterocycles. The fourth-order valence-corrected chi connectivity index (χ4v) is 5.73. The first-order valence-electron chi connectivity index (χ1n) is 11.2. The molecule has 3 aromatic rings. The number of ether oxygens (including phenoxy) is 2. The summed E-state index contributed by atoms with van der Waals surface area (Å²) >= 11 is 0. The van der Waals surface area contributed by atoms with Gasteiger partial charge in [0.2, 0.25) is 9.84 Å². The Morgan fingerprint density at radius 3 is 2.09 bits per heavy atom. The largest absolute Gasteiger partial charge is 0.502 e. The van der Waals surface area contributed by atoms with Crippen LogP contribution < -0.4 is 9.47 Å². The molecule has 0 aliphatic carbocycles. The van der Waals surface area contributed by atoms with Gasteiger partial charge in [-0.3, -0.25) is 4.79 Å². The van der Waals surface area contributed by atoms with Crippen molar-refractivity contribution < 1.29 is 27.8 Å². The summed E-state index contributed by atoms with van der Waals surface area (Å²) in [5.74, 6) is -0.227. The number of rotatable bonds is 8. The standard InChI is InChI=1S/C27H27NO6S/c1-4-34-22-13-9-20(10-14-22)24-26(35(31,32)23-15-5-18(2)6-16-23)25(29)27(30)28(24)17-19-7-11-21(33-3)12-8-19/h5-16,24,29H,4,17H2,1-3H3/t24-/m1/s1. The lowest BCUT2D eigenvalue weighted by Crippen LogP contribution is -2.30. The molecular weight excluding hydrogens is 466 g/mol. The molecule has 35 heavy (non-hydrogen) atoms. The van der Waals surface area contributed by atoms with Crippen molar-refractivity contribution in [2.45, 2.75) is 31.3 Å². The van der Waals surface area contributed by atoms with Gasteiger partial charge in [0.15, 0.2) is 5.76 Å². The number of aliphatic hydroxyl groups is 1. The molecule has 1 amide bonds. The van der Waals surface area contributed by atoms with E-state index in [-0.39, 0.29) is 16.3 Å². The summed E-state index contributed by atoms with van der Waals surface area (Å²) in [5.41, 5.74) is 2.20. The third kappa shape index (κ3) is 4.74. The Bertz CT molecular complexity index is 1340. The van der Waals surface area contributed by atoms with Crippen molar-refractivity contribution >= 4 is 15.7 Å². The second-order valence-corrected chi connectivity index (χ2v) is 10.1. The molecule has 0 spiro atoms. The van der Waals surface area contributed by atoms with E-state index in [4.69, 9.17) is 9.47 Å². The average molecular weight is 494 g/mol. The molecule has 1 aliphatic heterocycles. The van der Waals surface area contributed by atoms with Crippen molar-refractivity contribution in [1.82, 2.24) is 4.90 Å². The summed E-state index contributed by atoms with van der Waals surface area (Å²) in [6, 6.07) is 19.3. The predicted molar refractivity (Wildman–Crippen MR) is 132 cm³/mol. The number of nitrogens with zero attached hydrogens (tertiary/aromatic N) is 1. The number of benzene rings is 3. The topological polar surface area (TPSA) is 93.1 Å². The van der Waals surface area contributed by atoms with Crippen LogP contribution in [0.1, 0.15) is 29.7 Å². The molecule has 1 heterocycles. The summed E-state index contributed by atoms with van der Waals surface area (Å²) < 4.78 is 38.1. The number of aliphatic hydroxyl groups excluding tert-OH is 1. The van der Waals surface area contributed by atoms with Crippen LogP contribution in [-0.2, 0) is 21.2 Å². The molecule has 0 radical (unpaired) electrons. The fraction of sp³-hybridized carbons (Fsp3) is 0.222. The maximum absolute atomic E-state index is 13.7. The van der Waals surface area contributed by atoms with Crippen LogP contribution in [0.4, 0.5) is 0 Å². The van der Waals surface area contributed by atoms with Gasteiger partial charge < -0.3 is 19.5 Å². The molecule has 0 bridgehead atoms. The van der Waals surface area contributed by atoms with E-state index in [1.807, 2.05) is 13.8 Å². The maximum Gasteiger partial charge on any atom is 0.290 e. The van der Waals surface area contributed by atoms with Crippen LogP contribution in [0, 0.1) is 6.92 Å². The van der Waals surface area contributed by atoms with Crippen LogP contribution in [0.15, 0.2) is 88.4 Å². The maximum atomic E-state index is 13.7. The molecule has 8 heteroatoms.